The molecule has 2 rings (SSSR count). The monoisotopic (exact) mass is 407 g/mol. The number of aliphatic hydroxyl groups is 4. The van der Waals surface area contributed by atoms with Gasteiger partial charge in [0.1, 0.15) is 36.6 Å². The first-order chi connectivity index (χ1) is 13.1. The smallest absolute Gasteiger partial charge is 0.335 e. The van der Waals surface area contributed by atoms with Crippen LogP contribution < -0.4 is 5.32 Å². The van der Waals surface area contributed by atoms with Crippen LogP contribution in [0.5, 0.6) is 0 Å². The van der Waals surface area contributed by atoms with E-state index in [-0.39, 0.29) is 0 Å². The Morgan fingerprint density at radius 2 is 1.79 bits per heavy atom. The van der Waals surface area contributed by atoms with Gasteiger partial charge in [-0.2, -0.15) is 0 Å². The van der Waals surface area contributed by atoms with Crippen molar-refractivity contribution in [1.82, 2.24) is 5.32 Å². The average Bonchev–Trinajstić information content (AvgIpc) is 2.63. The second-order valence-corrected chi connectivity index (χ2v) is 7.05. The number of allylic oxidation sites excluding steroid dienone is 1. The van der Waals surface area contributed by atoms with Crippen LogP contribution >= 0.6 is 0 Å². The van der Waals surface area contributed by atoms with Crippen LogP contribution in [0.15, 0.2) is 12.3 Å². The standard InChI is InChI=1S/C17H29NO10/c1-6(2)18-9-7(3)26-8(5-19)10(20)13(9)27-17-12(22)11(21)14(25-4)15(28-17)16(23)24/h7-15,17-22H,1,5H2,2-4H3,(H,23,24)/t7?,8-,9+,10?,11+,12-,13-,14?,15+,17-/m0/s1. The first-order valence-electron chi connectivity index (χ1n) is 8.91. The number of aliphatic carboxylic acids is 1. The van der Waals surface area contributed by atoms with Crippen LogP contribution in [-0.2, 0) is 23.7 Å². The number of carboxylic acid groups (broad SMARTS) is 1. The molecule has 2 aliphatic rings. The molecular weight excluding hydrogens is 378 g/mol. The van der Waals surface area contributed by atoms with Crippen molar-refractivity contribution in [3.8, 4) is 0 Å². The fraction of sp³-hybridized carbons (Fsp3) is 0.824. The summed E-state index contributed by atoms with van der Waals surface area (Å²) in [4.78, 5) is 11.5. The van der Waals surface area contributed by atoms with Crippen LogP contribution in [0.1, 0.15) is 13.8 Å². The van der Waals surface area contributed by atoms with Crippen molar-refractivity contribution < 1.29 is 49.3 Å². The predicted molar refractivity (Wildman–Crippen MR) is 93.1 cm³/mol. The Morgan fingerprint density at radius 1 is 1.14 bits per heavy atom. The molecular formula is C17H29NO10. The maximum Gasteiger partial charge on any atom is 0.335 e. The van der Waals surface area contributed by atoms with Gasteiger partial charge in [-0.1, -0.05) is 6.58 Å². The summed E-state index contributed by atoms with van der Waals surface area (Å²) in [6.45, 7) is 6.65. The summed E-state index contributed by atoms with van der Waals surface area (Å²) >= 11 is 0. The number of carboxylic acids is 1. The Morgan fingerprint density at radius 3 is 2.29 bits per heavy atom. The quantitative estimate of drug-likeness (QED) is 0.265. The van der Waals surface area contributed by atoms with Crippen molar-refractivity contribution >= 4 is 5.97 Å². The van der Waals surface area contributed by atoms with E-state index in [1.165, 1.54) is 7.11 Å². The molecule has 0 aromatic carbocycles. The van der Waals surface area contributed by atoms with Crippen molar-refractivity contribution in [3.63, 3.8) is 0 Å². The Kier molecular flexibility index (Phi) is 7.76. The third kappa shape index (κ3) is 4.63. The van der Waals surface area contributed by atoms with E-state index < -0.39 is 73.7 Å². The first kappa shape index (κ1) is 23.0. The molecule has 11 nitrogen and oxygen atoms in total. The number of carbonyl (C=O) groups is 1. The average molecular weight is 407 g/mol. The number of methoxy groups -OCH3 is 1. The van der Waals surface area contributed by atoms with Crippen LogP contribution in [0, 0.1) is 0 Å². The summed E-state index contributed by atoms with van der Waals surface area (Å²) < 4.78 is 21.5. The number of ether oxygens (including phenoxy) is 4. The van der Waals surface area contributed by atoms with Crippen LogP contribution in [0.25, 0.3) is 0 Å². The molecule has 2 heterocycles. The van der Waals surface area contributed by atoms with E-state index in [4.69, 9.17) is 18.9 Å². The molecule has 2 aliphatic heterocycles. The van der Waals surface area contributed by atoms with Crippen LogP contribution in [0.4, 0.5) is 0 Å². The highest BCUT2D eigenvalue weighted by atomic mass is 16.7. The minimum atomic E-state index is -1.64. The first-order valence-corrected chi connectivity index (χ1v) is 8.91. The highest BCUT2D eigenvalue weighted by molar-refractivity contribution is 5.73. The lowest BCUT2D eigenvalue weighted by Crippen LogP contribution is -2.67. The SMILES string of the molecule is C=C(C)N[C@@H]1C(C)O[C@@H](CO)C(O)[C@H]1O[C@H]1O[C@@H](C(=O)O)C(OC)[C@H](O)[C@@H]1O. The number of hydrogen-bond acceptors (Lipinski definition) is 10. The topological polar surface area (TPSA) is 167 Å². The molecule has 0 bridgehead atoms. The summed E-state index contributed by atoms with van der Waals surface area (Å²) in [6.07, 6.45) is -11.6. The summed E-state index contributed by atoms with van der Waals surface area (Å²) in [5.41, 5.74) is 0.553. The molecule has 0 aliphatic carbocycles. The third-order valence-electron chi connectivity index (χ3n) is 4.91. The van der Waals surface area contributed by atoms with Gasteiger partial charge < -0.3 is 49.8 Å². The number of hydrogen-bond donors (Lipinski definition) is 6. The molecule has 3 unspecified atom stereocenters. The van der Waals surface area contributed by atoms with Gasteiger partial charge in [-0.3, -0.25) is 0 Å². The van der Waals surface area contributed by atoms with Crippen molar-refractivity contribution in [1.29, 1.82) is 0 Å². The zero-order chi connectivity index (χ0) is 21.2. The second kappa shape index (κ2) is 9.46. The van der Waals surface area contributed by atoms with Gasteiger partial charge in [-0.05, 0) is 13.8 Å². The van der Waals surface area contributed by atoms with E-state index in [1.54, 1.807) is 13.8 Å². The van der Waals surface area contributed by atoms with E-state index in [0.29, 0.717) is 5.70 Å². The van der Waals surface area contributed by atoms with Crippen molar-refractivity contribution in [2.75, 3.05) is 13.7 Å². The van der Waals surface area contributed by atoms with Gasteiger partial charge in [0, 0.05) is 12.8 Å². The van der Waals surface area contributed by atoms with Gasteiger partial charge in [-0.15, -0.1) is 0 Å². The molecule has 0 aromatic rings. The van der Waals surface area contributed by atoms with Gasteiger partial charge in [0.15, 0.2) is 12.4 Å². The van der Waals surface area contributed by atoms with Gasteiger partial charge in [0.05, 0.1) is 18.8 Å². The zero-order valence-electron chi connectivity index (χ0n) is 16.0. The van der Waals surface area contributed by atoms with Gasteiger partial charge in [-0.25, -0.2) is 4.79 Å². The molecule has 0 amide bonds. The molecule has 0 aromatic heterocycles. The minimum Gasteiger partial charge on any atom is -0.479 e. The largest absolute Gasteiger partial charge is 0.479 e. The lowest BCUT2D eigenvalue weighted by atomic mass is 9.92. The Hall–Kier alpha value is -1.31. The van der Waals surface area contributed by atoms with Crippen molar-refractivity contribution in [3.05, 3.63) is 12.3 Å². The van der Waals surface area contributed by atoms with Crippen LogP contribution in [-0.4, -0.2) is 106 Å². The molecule has 162 valence electrons. The molecule has 0 spiro atoms. The predicted octanol–water partition coefficient (Wildman–Crippen LogP) is -2.45. The third-order valence-corrected chi connectivity index (χ3v) is 4.91. The van der Waals surface area contributed by atoms with Gasteiger partial charge in [0.25, 0.3) is 0 Å². The molecule has 10 atom stereocenters. The van der Waals surface area contributed by atoms with E-state index in [1.807, 2.05) is 0 Å². The Balaban J connectivity index is 2.26. The summed E-state index contributed by atoms with van der Waals surface area (Å²) in [5.74, 6) is -1.41. The summed E-state index contributed by atoms with van der Waals surface area (Å²) in [7, 11) is 1.18. The summed E-state index contributed by atoms with van der Waals surface area (Å²) in [6, 6.07) is -0.647. The Labute approximate surface area is 162 Å². The lowest BCUT2D eigenvalue weighted by Gasteiger charge is -2.47. The maximum atomic E-state index is 11.5. The number of nitrogens with one attached hydrogen (secondary N) is 1. The van der Waals surface area contributed by atoms with E-state index in [9.17, 15) is 30.3 Å². The van der Waals surface area contributed by atoms with Gasteiger partial charge >= 0.3 is 5.97 Å². The van der Waals surface area contributed by atoms with Crippen molar-refractivity contribution in [2.24, 2.45) is 0 Å². The highest BCUT2D eigenvalue weighted by Crippen LogP contribution is 2.30. The molecule has 2 fully saturated rings. The summed E-state index contributed by atoms with van der Waals surface area (Å²) in [5, 5.41) is 52.9. The highest BCUT2D eigenvalue weighted by Gasteiger charge is 2.52. The molecule has 11 heteroatoms. The molecule has 2 saturated heterocycles. The van der Waals surface area contributed by atoms with Crippen LogP contribution in [0.2, 0.25) is 0 Å². The maximum absolute atomic E-state index is 11.5. The second-order valence-electron chi connectivity index (χ2n) is 7.05. The molecule has 28 heavy (non-hydrogen) atoms. The van der Waals surface area contributed by atoms with Crippen LogP contribution in [0.3, 0.4) is 0 Å². The van der Waals surface area contributed by atoms with E-state index in [0.717, 1.165) is 0 Å². The van der Waals surface area contributed by atoms with E-state index >= 15 is 0 Å². The minimum absolute atomic E-state index is 0.481. The molecule has 6 N–H and O–H groups in total. The molecule has 0 saturated carbocycles. The normalized spacial score (nSPS) is 44.1. The molecule has 0 radical (unpaired) electrons. The van der Waals surface area contributed by atoms with E-state index in [2.05, 4.69) is 11.9 Å². The van der Waals surface area contributed by atoms with Gasteiger partial charge in [0.2, 0.25) is 0 Å². The fourth-order valence-electron chi connectivity index (χ4n) is 3.50. The fourth-order valence-corrected chi connectivity index (χ4v) is 3.50. The number of rotatable bonds is 7. The lowest BCUT2D eigenvalue weighted by molar-refractivity contribution is -0.327. The number of aliphatic hydroxyl groups excluding tert-OH is 4. The van der Waals surface area contributed by atoms with Crippen molar-refractivity contribution in [2.45, 2.75) is 75.0 Å². The zero-order valence-corrected chi connectivity index (χ0v) is 16.0. The Bertz CT molecular complexity index is 560.